The number of benzene rings is 3. The second-order valence-corrected chi connectivity index (χ2v) is 7.53. The van der Waals surface area contributed by atoms with Crippen molar-refractivity contribution in [3.63, 3.8) is 0 Å². The summed E-state index contributed by atoms with van der Waals surface area (Å²) in [7, 11) is 1.50. The van der Waals surface area contributed by atoms with Crippen LogP contribution in [-0.4, -0.2) is 23.2 Å². The zero-order valence-corrected chi connectivity index (χ0v) is 18.9. The number of nitro benzene ring substituents is 2. The molecule has 0 radical (unpaired) electrons. The van der Waals surface area contributed by atoms with Crippen LogP contribution >= 0.6 is 15.9 Å². The Hall–Kier alpha value is -3.99. The quantitative estimate of drug-likeness (QED) is 0.201. The molecule has 11 heteroatoms. The first-order valence-corrected chi connectivity index (χ1v) is 10.3. The van der Waals surface area contributed by atoms with Crippen molar-refractivity contribution < 1.29 is 24.2 Å². The normalized spacial score (nSPS) is 10.7. The Labute approximate surface area is 196 Å². The number of hydrogen-bond acceptors (Lipinski definition) is 8. The Bertz CT molecular complexity index is 1180. The minimum atomic E-state index is -0.471. The van der Waals surface area contributed by atoms with E-state index in [1.807, 2.05) is 0 Å². The molecule has 0 heterocycles. The average molecular weight is 516 g/mol. The lowest BCUT2D eigenvalue weighted by atomic mass is 10.2. The number of hydrogen-bond donors (Lipinski definition) is 0. The molecule has 0 spiro atoms. The maximum absolute atomic E-state index is 10.8. The molecule has 0 N–H and O–H groups in total. The summed E-state index contributed by atoms with van der Waals surface area (Å²) in [5.74, 6) is 0.928. The van der Waals surface area contributed by atoms with Crippen molar-refractivity contribution in [3.8, 4) is 11.5 Å². The van der Waals surface area contributed by atoms with E-state index in [4.69, 9.17) is 14.3 Å². The van der Waals surface area contributed by atoms with E-state index in [1.54, 1.807) is 36.4 Å². The zero-order chi connectivity index (χ0) is 23.8. The lowest BCUT2D eigenvalue weighted by Crippen LogP contribution is -1.99. The molecule has 0 aliphatic carbocycles. The van der Waals surface area contributed by atoms with Gasteiger partial charge < -0.3 is 14.3 Å². The van der Waals surface area contributed by atoms with E-state index in [2.05, 4.69) is 21.1 Å². The van der Waals surface area contributed by atoms with Crippen molar-refractivity contribution in [3.05, 3.63) is 102 Å². The van der Waals surface area contributed by atoms with Gasteiger partial charge in [-0.1, -0.05) is 17.3 Å². The summed E-state index contributed by atoms with van der Waals surface area (Å²) in [6.07, 6.45) is 1.48. The highest BCUT2D eigenvalue weighted by Gasteiger charge is 2.11. The van der Waals surface area contributed by atoms with Gasteiger partial charge in [-0.05, 0) is 51.3 Å². The van der Waals surface area contributed by atoms with E-state index in [1.165, 1.54) is 37.6 Å². The standard InChI is InChI=1S/C22H18BrN3O7/c1-31-21-10-17(12-24-33-14-16-3-2-4-19(9-16)26(29)30)20(23)11-22(21)32-13-15-5-7-18(8-6-15)25(27)28/h2-12H,13-14H2,1H3/b24-12-. The number of ether oxygens (including phenoxy) is 2. The minimum Gasteiger partial charge on any atom is -0.493 e. The third-order valence-corrected chi connectivity index (χ3v) is 5.13. The first-order valence-electron chi connectivity index (χ1n) is 9.49. The van der Waals surface area contributed by atoms with E-state index in [-0.39, 0.29) is 24.6 Å². The van der Waals surface area contributed by atoms with Gasteiger partial charge in [0.2, 0.25) is 0 Å². The van der Waals surface area contributed by atoms with Crippen LogP contribution in [-0.2, 0) is 18.1 Å². The molecule has 0 bridgehead atoms. The van der Waals surface area contributed by atoms with Gasteiger partial charge in [-0.3, -0.25) is 20.2 Å². The number of halogens is 1. The molecule has 0 aliphatic rings. The number of rotatable bonds is 10. The predicted octanol–water partition coefficient (Wildman–Crippen LogP) is 5.40. The number of nitrogens with zero attached hydrogens (tertiary/aromatic N) is 3. The zero-order valence-electron chi connectivity index (χ0n) is 17.3. The Balaban J connectivity index is 1.63. The largest absolute Gasteiger partial charge is 0.493 e. The van der Waals surface area contributed by atoms with Crippen LogP contribution in [0.25, 0.3) is 0 Å². The first kappa shape index (κ1) is 23.7. The molecular weight excluding hydrogens is 498 g/mol. The van der Waals surface area contributed by atoms with Crippen molar-refractivity contribution in [2.75, 3.05) is 7.11 Å². The summed E-state index contributed by atoms with van der Waals surface area (Å²) < 4.78 is 11.9. The first-order chi connectivity index (χ1) is 15.9. The van der Waals surface area contributed by atoms with Crippen LogP contribution in [0.3, 0.4) is 0 Å². The van der Waals surface area contributed by atoms with Crippen LogP contribution in [0.1, 0.15) is 16.7 Å². The topological polar surface area (TPSA) is 126 Å². The fraction of sp³-hybridized carbons (Fsp3) is 0.136. The maximum atomic E-state index is 10.8. The molecule has 0 saturated carbocycles. The van der Waals surface area contributed by atoms with Gasteiger partial charge in [0.25, 0.3) is 11.4 Å². The van der Waals surface area contributed by atoms with E-state index >= 15 is 0 Å². The Morgan fingerprint density at radius 2 is 1.64 bits per heavy atom. The number of methoxy groups -OCH3 is 1. The van der Waals surface area contributed by atoms with Crippen molar-refractivity contribution in [1.29, 1.82) is 0 Å². The third-order valence-electron chi connectivity index (χ3n) is 4.44. The van der Waals surface area contributed by atoms with Gasteiger partial charge in [-0.25, -0.2) is 0 Å². The summed E-state index contributed by atoms with van der Waals surface area (Å²) in [5.41, 5.74) is 2.04. The van der Waals surface area contributed by atoms with Crippen molar-refractivity contribution in [1.82, 2.24) is 0 Å². The smallest absolute Gasteiger partial charge is 0.269 e. The van der Waals surface area contributed by atoms with E-state index in [9.17, 15) is 20.2 Å². The fourth-order valence-electron chi connectivity index (χ4n) is 2.76. The van der Waals surface area contributed by atoms with Gasteiger partial charge in [-0.15, -0.1) is 0 Å². The van der Waals surface area contributed by atoms with Crippen LogP contribution in [0.4, 0.5) is 11.4 Å². The monoisotopic (exact) mass is 515 g/mol. The molecule has 33 heavy (non-hydrogen) atoms. The summed E-state index contributed by atoms with van der Waals surface area (Å²) in [6.45, 7) is 0.268. The molecule has 3 aromatic rings. The average Bonchev–Trinajstić information content (AvgIpc) is 2.81. The molecule has 0 saturated heterocycles. The summed E-state index contributed by atoms with van der Waals surface area (Å²) >= 11 is 3.45. The number of oxime groups is 1. The molecule has 3 rings (SSSR count). The minimum absolute atomic E-state index is 0.00965. The number of nitro groups is 2. The van der Waals surface area contributed by atoms with E-state index in [0.29, 0.717) is 27.1 Å². The van der Waals surface area contributed by atoms with Crippen molar-refractivity contribution in [2.24, 2.45) is 5.16 Å². The van der Waals surface area contributed by atoms with Crippen molar-refractivity contribution >= 4 is 33.5 Å². The maximum Gasteiger partial charge on any atom is 0.269 e. The highest BCUT2D eigenvalue weighted by Crippen LogP contribution is 2.33. The molecular formula is C22H18BrN3O7. The predicted molar refractivity (Wildman–Crippen MR) is 124 cm³/mol. The Morgan fingerprint density at radius 1 is 0.909 bits per heavy atom. The lowest BCUT2D eigenvalue weighted by Gasteiger charge is -2.12. The van der Waals surface area contributed by atoms with Gasteiger partial charge in [0, 0.05) is 34.3 Å². The molecule has 0 fully saturated rings. The molecule has 0 atom stereocenters. The third kappa shape index (κ3) is 6.50. The SMILES string of the molecule is COc1cc(/C=N\OCc2cccc([N+](=O)[O-])c2)c(Br)cc1OCc1ccc([N+](=O)[O-])cc1. The lowest BCUT2D eigenvalue weighted by molar-refractivity contribution is -0.385. The molecule has 0 unspecified atom stereocenters. The highest BCUT2D eigenvalue weighted by molar-refractivity contribution is 9.10. The van der Waals surface area contributed by atoms with Crippen LogP contribution in [0.5, 0.6) is 11.5 Å². The number of non-ortho nitro benzene ring substituents is 2. The van der Waals surface area contributed by atoms with Gasteiger partial charge in [0.05, 0.1) is 23.2 Å². The Kier molecular flexibility index (Phi) is 7.92. The van der Waals surface area contributed by atoms with E-state index in [0.717, 1.165) is 5.56 Å². The highest BCUT2D eigenvalue weighted by atomic mass is 79.9. The van der Waals surface area contributed by atoms with Crippen LogP contribution < -0.4 is 9.47 Å². The molecule has 3 aromatic carbocycles. The molecule has 10 nitrogen and oxygen atoms in total. The van der Waals surface area contributed by atoms with Crippen LogP contribution in [0, 0.1) is 20.2 Å². The van der Waals surface area contributed by atoms with Gasteiger partial charge in [0.15, 0.2) is 11.5 Å². The van der Waals surface area contributed by atoms with Crippen molar-refractivity contribution in [2.45, 2.75) is 13.2 Å². The van der Waals surface area contributed by atoms with Crippen LogP contribution in [0.15, 0.2) is 70.3 Å². The Morgan fingerprint density at radius 3 is 2.30 bits per heavy atom. The second-order valence-electron chi connectivity index (χ2n) is 6.67. The summed E-state index contributed by atoms with van der Waals surface area (Å²) in [4.78, 5) is 25.9. The van der Waals surface area contributed by atoms with Crippen LogP contribution in [0.2, 0.25) is 0 Å². The molecule has 0 amide bonds. The molecule has 0 aliphatic heterocycles. The van der Waals surface area contributed by atoms with Gasteiger partial charge in [0.1, 0.15) is 13.2 Å². The summed E-state index contributed by atoms with van der Waals surface area (Å²) in [6, 6.07) is 15.6. The fourth-order valence-corrected chi connectivity index (χ4v) is 3.19. The second kappa shape index (κ2) is 11.0. The van der Waals surface area contributed by atoms with E-state index < -0.39 is 9.85 Å². The van der Waals surface area contributed by atoms with Gasteiger partial charge in [-0.2, -0.15) is 0 Å². The van der Waals surface area contributed by atoms with Gasteiger partial charge >= 0.3 is 0 Å². The molecule has 170 valence electrons. The molecule has 0 aromatic heterocycles. The summed E-state index contributed by atoms with van der Waals surface area (Å²) in [5, 5.41) is 25.5.